The van der Waals surface area contributed by atoms with Crippen LogP contribution in [0.5, 0.6) is 0 Å². The van der Waals surface area contributed by atoms with Crippen LogP contribution in [0.2, 0.25) is 5.02 Å². The number of hydrogen-bond donors (Lipinski definition) is 3. The maximum absolute atomic E-state index is 12.5. The number of aliphatic hydroxyl groups is 2. The highest BCUT2D eigenvalue weighted by atomic mass is 35.5. The average Bonchev–Trinajstić information content (AvgIpc) is 2.97. The summed E-state index contributed by atoms with van der Waals surface area (Å²) < 4.78 is 33.4. The highest BCUT2D eigenvalue weighted by Crippen LogP contribution is 2.27. The lowest BCUT2D eigenvalue weighted by atomic mass is 10.0. The quantitative estimate of drug-likeness (QED) is 0.521. The number of halogens is 3. The minimum absolute atomic E-state index is 0. The Balaban J connectivity index is 0.00000210. The molecule has 8 nitrogen and oxygen atoms in total. The Morgan fingerprint density at radius 3 is 2.28 bits per heavy atom. The number of benzene rings is 1. The number of aliphatic hydroxyl groups excluding tert-OH is 2. The second-order valence-electron chi connectivity index (χ2n) is 7.02. The maximum Gasteiger partial charge on any atom is 0.240 e. The summed E-state index contributed by atoms with van der Waals surface area (Å²) in [5.41, 5.74) is 0. The summed E-state index contributed by atoms with van der Waals surface area (Å²) in [5, 5.41) is 20.5. The van der Waals surface area contributed by atoms with Crippen molar-refractivity contribution in [3.05, 3.63) is 29.3 Å². The summed E-state index contributed by atoms with van der Waals surface area (Å²) >= 11 is 5.81. The van der Waals surface area contributed by atoms with E-state index >= 15 is 0 Å². The van der Waals surface area contributed by atoms with Gasteiger partial charge in [-0.3, -0.25) is 4.90 Å². The number of ether oxygens (including phenoxy) is 1. The monoisotopic (exact) mass is 491 g/mol. The van der Waals surface area contributed by atoms with Gasteiger partial charge >= 0.3 is 0 Å². The third-order valence-corrected chi connectivity index (χ3v) is 6.89. The van der Waals surface area contributed by atoms with Crippen molar-refractivity contribution in [2.45, 2.75) is 29.2 Å². The Morgan fingerprint density at radius 2 is 1.72 bits per heavy atom. The predicted octanol–water partition coefficient (Wildman–Crippen LogP) is 0.199. The van der Waals surface area contributed by atoms with Crippen molar-refractivity contribution in [3.8, 4) is 0 Å². The van der Waals surface area contributed by atoms with E-state index in [-0.39, 0.29) is 48.9 Å². The predicted molar refractivity (Wildman–Crippen MR) is 116 cm³/mol. The van der Waals surface area contributed by atoms with E-state index in [4.69, 9.17) is 16.3 Å². The van der Waals surface area contributed by atoms with Gasteiger partial charge in [-0.25, -0.2) is 13.1 Å². The van der Waals surface area contributed by atoms with Gasteiger partial charge in [0.15, 0.2) is 0 Å². The zero-order valence-electron chi connectivity index (χ0n) is 16.0. The number of nitrogens with one attached hydrogen (secondary N) is 1. The van der Waals surface area contributed by atoms with E-state index in [1.165, 1.54) is 24.3 Å². The topological polar surface area (TPSA) is 102 Å². The smallest absolute Gasteiger partial charge is 0.240 e. The first-order valence-electron chi connectivity index (χ1n) is 8.94. The largest absolute Gasteiger partial charge is 0.394 e. The number of rotatable bonds is 6. The molecule has 0 aliphatic carbocycles. The SMILES string of the molecule is CN1CCN([C@@H]2[C@H](O)[C@H](CO)O[C@@H]2CNS(=O)(=O)c2ccc(Cl)cc2)CC1.Cl.Cl. The fourth-order valence-electron chi connectivity index (χ4n) is 3.61. The Labute approximate surface area is 189 Å². The molecule has 2 saturated heterocycles. The lowest BCUT2D eigenvalue weighted by Gasteiger charge is -2.39. The summed E-state index contributed by atoms with van der Waals surface area (Å²) in [6, 6.07) is 5.53. The molecule has 1 aromatic carbocycles. The first-order chi connectivity index (χ1) is 12.8. The normalized spacial score (nSPS) is 28.6. The van der Waals surface area contributed by atoms with Crippen molar-refractivity contribution in [3.63, 3.8) is 0 Å². The van der Waals surface area contributed by atoms with Gasteiger partial charge < -0.3 is 19.8 Å². The molecular formula is C17H28Cl3N3O5S. The van der Waals surface area contributed by atoms with E-state index in [2.05, 4.69) is 14.5 Å². The Hall–Kier alpha value is -0.200. The second-order valence-corrected chi connectivity index (χ2v) is 9.23. The summed E-state index contributed by atoms with van der Waals surface area (Å²) in [7, 11) is -1.69. The third kappa shape index (κ3) is 6.39. The van der Waals surface area contributed by atoms with Gasteiger partial charge in [0.05, 0.1) is 23.6 Å². The zero-order valence-corrected chi connectivity index (χ0v) is 19.2. The summed E-state index contributed by atoms with van der Waals surface area (Å²) in [4.78, 5) is 4.42. The maximum atomic E-state index is 12.5. The average molecular weight is 493 g/mol. The molecule has 0 unspecified atom stereocenters. The van der Waals surface area contributed by atoms with Crippen LogP contribution in [0.15, 0.2) is 29.2 Å². The van der Waals surface area contributed by atoms with E-state index in [9.17, 15) is 18.6 Å². The van der Waals surface area contributed by atoms with Crippen LogP contribution in [-0.4, -0.2) is 99.2 Å². The van der Waals surface area contributed by atoms with Crippen LogP contribution in [-0.2, 0) is 14.8 Å². The summed E-state index contributed by atoms with van der Waals surface area (Å²) in [6.07, 6.45) is -2.15. The molecule has 3 rings (SSSR count). The Bertz CT molecular complexity index is 732. The van der Waals surface area contributed by atoms with E-state index in [1.807, 2.05) is 7.05 Å². The third-order valence-electron chi connectivity index (χ3n) is 5.20. The van der Waals surface area contributed by atoms with E-state index in [1.54, 1.807) is 0 Å². The first kappa shape index (κ1) is 26.8. The van der Waals surface area contributed by atoms with Crippen LogP contribution in [0.3, 0.4) is 0 Å². The van der Waals surface area contributed by atoms with Gasteiger partial charge in [0.25, 0.3) is 0 Å². The molecule has 0 amide bonds. The van der Waals surface area contributed by atoms with Gasteiger partial charge in [-0.2, -0.15) is 0 Å². The van der Waals surface area contributed by atoms with Crippen LogP contribution >= 0.6 is 36.4 Å². The molecule has 0 saturated carbocycles. The molecular weight excluding hydrogens is 465 g/mol. The minimum Gasteiger partial charge on any atom is -0.394 e. The second kappa shape index (κ2) is 11.4. The van der Waals surface area contributed by atoms with Crippen LogP contribution < -0.4 is 4.72 Å². The van der Waals surface area contributed by atoms with Crippen molar-refractivity contribution >= 4 is 46.4 Å². The van der Waals surface area contributed by atoms with Crippen LogP contribution in [0.25, 0.3) is 0 Å². The molecule has 29 heavy (non-hydrogen) atoms. The number of piperazine rings is 1. The molecule has 4 atom stereocenters. The number of sulfonamides is 1. The van der Waals surface area contributed by atoms with Crippen molar-refractivity contribution in [2.75, 3.05) is 46.4 Å². The van der Waals surface area contributed by atoms with Gasteiger partial charge in [0.1, 0.15) is 12.2 Å². The zero-order chi connectivity index (χ0) is 19.6. The van der Waals surface area contributed by atoms with E-state index in [0.29, 0.717) is 5.02 Å². The lowest BCUT2D eigenvalue weighted by Crippen LogP contribution is -2.56. The summed E-state index contributed by atoms with van der Waals surface area (Å²) in [6.45, 7) is 2.91. The van der Waals surface area contributed by atoms with E-state index < -0.39 is 28.3 Å². The van der Waals surface area contributed by atoms with Gasteiger partial charge in [0.2, 0.25) is 10.0 Å². The molecule has 3 N–H and O–H groups in total. The lowest BCUT2D eigenvalue weighted by molar-refractivity contribution is -0.0201. The summed E-state index contributed by atoms with van der Waals surface area (Å²) in [5.74, 6) is 0. The molecule has 2 aliphatic rings. The Kier molecular flexibility index (Phi) is 10.6. The van der Waals surface area contributed by atoms with E-state index in [0.717, 1.165) is 26.2 Å². The van der Waals surface area contributed by atoms with Crippen molar-refractivity contribution < 1.29 is 23.4 Å². The number of likely N-dealkylation sites (N-methyl/N-ethyl adjacent to an activating group) is 1. The highest BCUT2D eigenvalue weighted by Gasteiger charge is 2.46. The molecule has 168 valence electrons. The number of hydrogen-bond acceptors (Lipinski definition) is 7. The highest BCUT2D eigenvalue weighted by molar-refractivity contribution is 7.89. The van der Waals surface area contributed by atoms with Crippen molar-refractivity contribution in [2.24, 2.45) is 0 Å². The van der Waals surface area contributed by atoms with Crippen LogP contribution in [0, 0.1) is 0 Å². The van der Waals surface area contributed by atoms with Crippen LogP contribution in [0.1, 0.15) is 0 Å². The van der Waals surface area contributed by atoms with Gasteiger partial charge in [-0.1, -0.05) is 11.6 Å². The Morgan fingerprint density at radius 1 is 1.14 bits per heavy atom. The molecule has 2 heterocycles. The fraction of sp³-hybridized carbons (Fsp3) is 0.647. The van der Waals surface area contributed by atoms with Gasteiger partial charge in [0, 0.05) is 37.7 Å². The van der Waals surface area contributed by atoms with Crippen molar-refractivity contribution in [1.82, 2.24) is 14.5 Å². The molecule has 0 spiro atoms. The standard InChI is InChI=1S/C17H26ClN3O5S.2ClH/c1-20-6-8-21(9-7-20)16-14(26-15(11-22)17(16)23)10-19-27(24,25)13-4-2-12(18)3-5-13;;/h2-5,14-17,19,22-23H,6-11H2,1H3;2*1H/t14-,15+,16+,17-;;/m1../s1. The first-order valence-corrected chi connectivity index (χ1v) is 10.8. The van der Waals surface area contributed by atoms with Crippen LogP contribution in [0.4, 0.5) is 0 Å². The molecule has 1 aromatic rings. The molecule has 0 radical (unpaired) electrons. The van der Waals surface area contributed by atoms with Crippen molar-refractivity contribution in [1.29, 1.82) is 0 Å². The molecule has 0 aromatic heterocycles. The molecule has 0 bridgehead atoms. The van der Waals surface area contributed by atoms with Gasteiger partial charge in [-0.15, -0.1) is 24.8 Å². The van der Waals surface area contributed by atoms with Gasteiger partial charge in [-0.05, 0) is 31.3 Å². The molecule has 2 aliphatic heterocycles. The number of nitrogens with zero attached hydrogens (tertiary/aromatic N) is 2. The molecule has 2 fully saturated rings. The fourth-order valence-corrected chi connectivity index (χ4v) is 4.78. The molecule has 12 heteroatoms. The minimum atomic E-state index is -3.73.